The second kappa shape index (κ2) is 13.9. The van der Waals surface area contributed by atoms with Gasteiger partial charge in [-0.15, -0.1) is 0 Å². The monoisotopic (exact) mass is 560 g/mol. The highest BCUT2D eigenvalue weighted by atomic mass is 16.6. The summed E-state index contributed by atoms with van der Waals surface area (Å²) in [6.45, 7) is 11.4. The van der Waals surface area contributed by atoms with Crippen LogP contribution in [0.5, 0.6) is 11.5 Å². The number of ether oxygens (including phenoxy) is 2. The molecule has 0 aliphatic carbocycles. The maximum atomic E-state index is 13.3. The zero-order chi connectivity index (χ0) is 30.3. The van der Waals surface area contributed by atoms with Gasteiger partial charge < -0.3 is 14.8 Å². The number of nitrogens with zero attached hydrogens (tertiary/aromatic N) is 2. The van der Waals surface area contributed by atoms with E-state index in [0.717, 1.165) is 11.1 Å². The average Bonchev–Trinajstić information content (AvgIpc) is 2.93. The van der Waals surface area contributed by atoms with E-state index in [1.807, 2.05) is 0 Å². The van der Waals surface area contributed by atoms with Crippen molar-refractivity contribution in [3.8, 4) is 11.5 Å². The first-order valence-electron chi connectivity index (χ1n) is 13.7. The summed E-state index contributed by atoms with van der Waals surface area (Å²) in [6, 6.07) is 17.0. The number of hydrazine groups is 1. The van der Waals surface area contributed by atoms with Crippen molar-refractivity contribution in [1.29, 1.82) is 0 Å². The van der Waals surface area contributed by atoms with Crippen LogP contribution in [-0.4, -0.2) is 48.0 Å². The molecule has 1 heterocycles. The number of aromatic nitrogens is 1. The Balaban J connectivity index is 1.82. The van der Waals surface area contributed by atoms with Gasteiger partial charge >= 0.3 is 5.97 Å². The van der Waals surface area contributed by atoms with Gasteiger partial charge in [-0.25, -0.2) is 9.99 Å². The van der Waals surface area contributed by atoms with Crippen LogP contribution < -0.4 is 20.2 Å². The van der Waals surface area contributed by atoms with Crippen molar-refractivity contribution in [2.24, 2.45) is 0 Å². The van der Waals surface area contributed by atoms with Gasteiger partial charge in [-0.2, -0.15) is 0 Å². The fourth-order valence-electron chi connectivity index (χ4n) is 4.43. The number of hydrogen-bond donors (Lipinski definition) is 2. The number of pyridine rings is 1. The molecule has 2 aromatic carbocycles. The maximum absolute atomic E-state index is 13.3. The van der Waals surface area contributed by atoms with Crippen LogP contribution in [0.25, 0.3) is 0 Å². The molecule has 9 nitrogen and oxygen atoms in total. The van der Waals surface area contributed by atoms with Crippen LogP contribution in [0.4, 0.5) is 0 Å². The molecule has 1 aromatic heterocycles. The molecular formula is C32H40N4O5. The molecule has 0 spiro atoms. The first kappa shape index (κ1) is 31.3. The Morgan fingerprint density at radius 3 is 1.73 bits per heavy atom. The number of benzene rings is 2. The second-order valence-corrected chi connectivity index (χ2v) is 10.6. The summed E-state index contributed by atoms with van der Waals surface area (Å²) in [4.78, 5) is 42.0. The lowest BCUT2D eigenvalue weighted by molar-refractivity contribution is -0.132. The zero-order valence-electron chi connectivity index (χ0n) is 25.0. The van der Waals surface area contributed by atoms with Gasteiger partial charge in [-0.3, -0.25) is 19.8 Å². The smallest absolute Gasteiger partial charge is 0.308 e. The Labute approximate surface area is 242 Å². The van der Waals surface area contributed by atoms with Gasteiger partial charge in [0.2, 0.25) is 5.75 Å². The summed E-state index contributed by atoms with van der Waals surface area (Å²) < 4.78 is 10.4. The maximum Gasteiger partial charge on any atom is 0.308 e. The molecule has 2 N–H and O–H groups in total. The molecule has 0 bridgehead atoms. The fraction of sp³-hybridized carbons (Fsp3) is 0.375. The lowest BCUT2D eigenvalue weighted by Crippen LogP contribution is -2.51. The first-order chi connectivity index (χ1) is 19.4. The second-order valence-electron chi connectivity index (χ2n) is 10.6. The van der Waals surface area contributed by atoms with Crippen molar-refractivity contribution in [2.45, 2.75) is 65.5 Å². The molecular weight excluding hydrogens is 520 g/mol. The molecule has 0 saturated carbocycles. The Hall–Kier alpha value is -4.24. The summed E-state index contributed by atoms with van der Waals surface area (Å²) in [5, 5.41) is 4.38. The number of rotatable bonds is 11. The van der Waals surface area contributed by atoms with Gasteiger partial charge in [0.15, 0.2) is 11.4 Å². The third-order valence-electron chi connectivity index (χ3n) is 6.80. The van der Waals surface area contributed by atoms with E-state index in [4.69, 9.17) is 9.47 Å². The van der Waals surface area contributed by atoms with E-state index < -0.39 is 23.8 Å². The molecule has 0 radical (unpaired) electrons. The Morgan fingerprint density at radius 2 is 1.29 bits per heavy atom. The Bertz CT molecular complexity index is 1300. The number of amides is 2. The normalized spacial score (nSPS) is 12.0. The van der Waals surface area contributed by atoms with Gasteiger partial charge in [0.05, 0.1) is 13.2 Å². The van der Waals surface area contributed by atoms with Crippen LogP contribution >= 0.6 is 0 Å². The van der Waals surface area contributed by atoms with Crippen LogP contribution in [0.2, 0.25) is 0 Å². The molecule has 41 heavy (non-hydrogen) atoms. The first-order valence-corrected chi connectivity index (χ1v) is 13.7. The molecule has 9 heteroatoms. The number of carbonyl (C=O) groups excluding carboxylic acids is 3. The molecule has 0 unspecified atom stereocenters. The van der Waals surface area contributed by atoms with Crippen LogP contribution in [-0.2, 0) is 9.59 Å². The lowest BCUT2D eigenvalue weighted by atomic mass is 9.93. The third kappa shape index (κ3) is 7.91. The predicted molar refractivity (Wildman–Crippen MR) is 158 cm³/mol. The number of hydrogen-bond acceptors (Lipinski definition) is 7. The molecule has 0 saturated heterocycles. The van der Waals surface area contributed by atoms with E-state index in [-0.39, 0.29) is 23.2 Å². The van der Waals surface area contributed by atoms with Crippen molar-refractivity contribution in [3.63, 3.8) is 0 Å². The number of methoxy groups -OCH3 is 1. The van der Waals surface area contributed by atoms with Crippen molar-refractivity contribution in [2.75, 3.05) is 14.2 Å². The molecule has 1 atom stereocenters. The van der Waals surface area contributed by atoms with E-state index in [1.165, 1.54) is 37.4 Å². The highest BCUT2D eigenvalue weighted by molar-refractivity contribution is 5.99. The van der Waals surface area contributed by atoms with Gasteiger partial charge in [-0.1, -0.05) is 76.2 Å². The van der Waals surface area contributed by atoms with E-state index >= 15 is 0 Å². The molecule has 0 aliphatic heterocycles. The molecule has 3 aromatic rings. The third-order valence-corrected chi connectivity index (χ3v) is 6.80. The molecule has 0 fully saturated rings. The molecule has 2 amide bonds. The molecule has 218 valence electrons. The summed E-state index contributed by atoms with van der Waals surface area (Å²) in [5.41, 5.74) is 7.24. The highest BCUT2D eigenvalue weighted by Crippen LogP contribution is 2.31. The minimum atomic E-state index is -0.935. The van der Waals surface area contributed by atoms with E-state index in [1.54, 1.807) is 19.0 Å². The minimum absolute atomic E-state index is 0.112. The zero-order valence-corrected chi connectivity index (χ0v) is 25.0. The number of nitrogens with one attached hydrogen (secondary N) is 2. The van der Waals surface area contributed by atoms with Crippen LogP contribution in [0.3, 0.4) is 0 Å². The van der Waals surface area contributed by atoms with Crippen LogP contribution in [0.1, 0.15) is 92.2 Å². The Kier molecular flexibility index (Phi) is 10.6. The number of carbonyl (C=O) groups is 3. The Morgan fingerprint density at radius 1 is 0.805 bits per heavy atom. The van der Waals surface area contributed by atoms with Crippen LogP contribution in [0.15, 0.2) is 60.8 Å². The van der Waals surface area contributed by atoms with Gasteiger partial charge in [0.25, 0.3) is 11.8 Å². The highest BCUT2D eigenvalue weighted by Gasteiger charge is 2.27. The number of esters is 1. The van der Waals surface area contributed by atoms with E-state index in [9.17, 15) is 14.4 Å². The molecule has 0 aliphatic rings. The fourth-order valence-corrected chi connectivity index (χ4v) is 4.43. The quantitative estimate of drug-likeness (QED) is 0.247. The summed E-state index contributed by atoms with van der Waals surface area (Å²) in [6.07, 6.45) is 1.36. The lowest BCUT2D eigenvalue weighted by Gasteiger charge is -2.31. The topological polar surface area (TPSA) is 110 Å². The van der Waals surface area contributed by atoms with Crippen molar-refractivity contribution in [1.82, 2.24) is 20.7 Å². The minimum Gasteiger partial charge on any atom is -0.493 e. The van der Waals surface area contributed by atoms with E-state index in [0.29, 0.717) is 11.8 Å². The predicted octanol–water partition coefficient (Wildman–Crippen LogP) is 5.13. The largest absolute Gasteiger partial charge is 0.493 e. The van der Waals surface area contributed by atoms with Gasteiger partial charge in [-0.05, 0) is 41.0 Å². The van der Waals surface area contributed by atoms with Crippen molar-refractivity contribution < 1.29 is 23.9 Å². The van der Waals surface area contributed by atoms with Crippen molar-refractivity contribution >= 4 is 17.8 Å². The summed E-state index contributed by atoms with van der Waals surface area (Å²) >= 11 is 0. The average molecular weight is 561 g/mol. The summed E-state index contributed by atoms with van der Waals surface area (Å²) in [5.74, 6) is -0.889. The van der Waals surface area contributed by atoms with E-state index in [2.05, 4.69) is 92.0 Å². The van der Waals surface area contributed by atoms with Gasteiger partial charge in [0, 0.05) is 26.2 Å². The van der Waals surface area contributed by atoms with Crippen LogP contribution in [0, 0.1) is 0 Å². The standard InChI is InChI=1S/C32H40N4O5/c1-19(2)23-9-13-25(14-10-23)29(26-15-11-24(12-16-26)20(3)4)36(7)35-31(38)21(5)34-32(39)28-30(41-22(6)37)27(40-8)17-18-33-28/h9-21,29H,1-8H3,(H,34,39)(H,35,38)/t21-/m0/s1. The SMILES string of the molecule is COc1ccnc(C(=O)N[C@@H](C)C(=O)NN(C)C(c2ccc(C(C)C)cc2)c2ccc(C(C)C)cc2)c1OC(C)=O. The molecule has 3 rings (SSSR count). The summed E-state index contributed by atoms with van der Waals surface area (Å²) in [7, 11) is 3.19. The van der Waals surface area contributed by atoms with Crippen molar-refractivity contribution in [3.05, 3.63) is 88.7 Å². The van der Waals surface area contributed by atoms with Gasteiger partial charge in [0.1, 0.15) is 6.04 Å².